The summed E-state index contributed by atoms with van der Waals surface area (Å²) in [6.07, 6.45) is 0.530. The molecule has 5 heteroatoms. The standard InChI is InChI=1S/C19H20N2O2S/c1-12-7-3-5-9-16(12)20-19(24)21-13(2)11-15(18(22)23)14-8-4-6-10-17(14)21/h3-10,13,15H,11H2,1-2H3,(H,20,24)(H,22,23). The van der Waals surface area contributed by atoms with Crippen LogP contribution in [0.15, 0.2) is 48.5 Å². The number of hydrogen-bond acceptors (Lipinski definition) is 2. The SMILES string of the molecule is Cc1ccccc1NC(=S)N1c2ccccc2C(C(=O)O)CC1C. The Labute approximate surface area is 147 Å². The van der Waals surface area contributed by atoms with Gasteiger partial charge in [0.25, 0.3) is 0 Å². The smallest absolute Gasteiger partial charge is 0.311 e. The number of carboxylic acids is 1. The van der Waals surface area contributed by atoms with Crippen molar-refractivity contribution < 1.29 is 9.90 Å². The van der Waals surface area contributed by atoms with Crippen molar-refractivity contribution in [3.05, 3.63) is 59.7 Å². The summed E-state index contributed by atoms with van der Waals surface area (Å²) in [7, 11) is 0. The molecule has 0 fully saturated rings. The van der Waals surface area contributed by atoms with Crippen LogP contribution in [0.4, 0.5) is 11.4 Å². The molecule has 124 valence electrons. The molecule has 2 atom stereocenters. The maximum Gasteiger partial charge on any atom is 0.311 e. The molecule has 3 rings (SSSR count). The number of thiocarbonyl (C=S) groups is 1. The van der Waals surface area contributed by atoms with E-state index in [9.17, 15) is 9.90 Å². The van der Waals surface area contributed by atoms with Crippen LogP contribution in [0.3, 0.4) is 0 Å². The zero-order chi connectivity index (χ0) is 17.3. The number of carboxylic acid groups (broad SMARTS) is 1. The molecule has 0 radical (unpaired) electrons. The first-order chi connectivity index (χ1) is 11.5. The quantitative estimate of drug-likeness (QED) is 0.804. The van der Waals surface area contributed by atoms with Gasteiger partial charge in [0.2, 0.25) is 0 Å². The molecule has 1 aliphatic heterocycles. The average molecular weight is 340 g/mol. The van der Waals surface area contributed by atoms with Crippen molar-refractivity contribution in [2.24, 2.45) is 0 Å². The summed E-state index contributed by atoms with van der Waals surface area (Å²) < 4.78 is 0. The number of anilines is 2. The van der Waals surface area contributed by atoms with Crippen LogP contribution in [0.25, 0.3) is 0 Å². The van der Waals surface area contributed by atoms with Gasteiger partial charge >= 0.3 is 5.97 Å². The Morgan fingerprint density at radius 1 is 1.21 bits per heavy atom. The van der Waals surface area contributed by atoms with E-state index in [1.54, 1.807) is 0 Å². The molecule has 0 amide bonds. The lowest BCUT2D eigenvalue weighted by molar-refractivity contribution is -0.139. The van der Waals surface area contributed by atoms with E-state index < -0.39 is 11.9 Å². The number of aliphatic carboxylic acids is 1. The molecule has 0 saturated carbocycles. The average Bonchev–Trinajstić information content (AvgIpc) is 2.56. The van der Waals surface area contributed by atoms with E-state index in [0.717, 1.165) is 22.5 Å². The highest BCUT2D eigenvalue weighted by molar-refractivity contribution is 7.80. The van der Waals surface area contributed by atoms with Crippen LogP contribution in [-0.4, -0.2) is 22.2 Å². The summed E-state index contributed by atoms with van der Waals surface area (Å²) in [5, 5.41) is 13.4. The first-order valence-electron chi connectivity index (χ1n) is 7.96. The van der Waals surface area contributed by atoms with Gasteiger partial charge in [-0.3, -0.25) is 4.79 Å². The number of nitrogens with one attached hydrogen (secondary N) is 1. The fourth-order valence-electron chi connectivity index (χ4n) is 3.24. The van der Waals surface area contributed by atoms with Gasteiger partial charge in [-0.05, 0) is 55.7 Å². The molecule has 4 nitrogen and oxygen atoms in total. The molecule has 2 N–H and O–H groups in total. The Hall–Kier alpha value is -2.40. The second kappa shape index (κ2) is 6.61. The predicted octanol–water partition coefficient (Wildman–Crippen LogP) is 4.16. The minimum Gasteiger partial charge on any atom is -0.481 e. The summed E-state index contributed by atoms with van der Waals surface area (Å²) in [5.41, 5.74) is 3.76. The van der Waals surface area contributed by atoms with Crippen molar-refractivity contribution in [2.45, 2.75) is 32.2 Å². The third kappa shape index (κ3) is 2.99. The lowest BCUT2D eigenvalue weighted by Gasteiger charge is -2.39. The van der Waals surface area contributed by atoms with Crippen molar-refractivity contribution in [3.63, 3.8) is 0 Å². The van der Waals surface area contributed by atoms with Gasteiger partial charge in [0.1, 0.15) is 0 Å². The third-order valence-electron chi connectivity index (χ3n) is 4.49. The molecule has 1 aliphatic rings. The van der Waals surface area contributed by atoms with Crippen molar-refractivity contribution in [1.29, 1.82) is 0 Å². The van der Waals surface area contributed by atoms with Crippen LogP contribution in [0.5, 0.6) is 0 Å². The number of hydrogen-bond donors (Lipinski definition) is 2. The molecular weight excluding hydrogens is 320 g/mol. The minimum atomic E-state index is -0.785. The number of para-hydroxylation sites is 2. The molecule has 0 saturated heterocycles. The molecule has 2 unspecified atom stereocenters. The zero-order valence-electron chi connectivity index (χ0n) is 13.7. The van der Waals surface area contributed by atoms with Crippen molar-refractivity contribution in [2.75, 3.05) is 10.2 Å². The van der Waals surface area contributed by atoms with Crippen molar-refractivity contribution >= 4 is 34.7 Å². The Morgan fingerprint density at radius 2 is 1.88 bits per heavy atom. The van der Waals surface area contributed by atoms with Gasteiger partial charge in [-0.25, -0.2) is 0 Å². The highest BCUT2D eigenvalue weighted by Crippen LogP contribution is 2.38. The molecule has 0 aliphatic carbocycles. The molecule has 2 aromatic carbocycles. The predicted molar refractivity (Wildman–Crippen MR) is 101 cm³/mol. The Morgan fingerprint density at radius 3 is 2.58 bits per heavy atom. The van der Waals surface area contributed by atoms with E-state index in [-0.39, 0.29) is 6.04 Å². The summed E-state index contributed by atoms with van der Waals surface area (Å²) in [4.78, 5) is 13.6. The van der Waals surface area contributed by atoms with Crippen LogP contribution in [-0.2, 0) is 4.79 Å². The number of nitrogens with zero attached hydrogens (tertiary/aromatic N) is 1. The van der Waals surface area contributed by atoms with Gasteiger partial charge < -0.3 is 15.3 Å². The van der Waals surface area contributed by atoms with Gasteiger partial charge in [-0.15, -0.1) is 0 Å². The number of rotatable bonds is 2. The van der Waals surface area contributed by atoms with Crippen LogP contribution in [0.2, 0.25) is 0 Å². The van der Waals surface area contributed by atoms with E-state index in [0.29, 0.717) is 11.5 Å². The second-order valence-electron chi connectivity index (χ2n) is 6.15. The maximum absolute atomic E-state index is 11.6. The van der Waals surface area contributed by atoms with Gasteiger partial charge in [0.15, 0.2) is 5.11 Å². The van der Waals surface area contributed by atoms with Crippen molar-refractivity contribution in [3.8, 4) is 0 Å². The van der Waals surface area contributed by atoms with Gasteiger partial charge in [0, 0.05) is 17.4 Å². The second-order valence-corrected chi connectivity index (χ2v) is 6.54. The number of carbonyl (C=O) groups is 1. The fraction of sp³-hybridized carbons (Fsp3) is 0.263. The first kappa shape index (κ1) is 16.5. The topological polar surface area (TPSA) is 52.6 Å². The van der Waals surface area contributed by atoms with Crippen molar-refractivity contribution in [1.82, 2.24) is 0 Å². The monoisotopic (exact) mass is 340 g/mol. The van der Waals surface area contributed by atoms with Crippen LogP contribution in [0, 0.1) is 6.92 Å². The number of benzene rings is 2. The highest BCUT2D eigenvalue weighted by atomic mass is 32.1. The largest absolute Gasteiger partial charge is 0.481 e. The molecular formula is C19H20N2O2S. The molecule has 0 spiro atoms. The normalized spacial score (nSPS) is 19.5. The molecule has 2 aromatic rings. The summed E-state index contributed by atoms with van der Waals surface area (Å²) in [6, 6.07) is 15.6. The third-order valence-corrected chi connectivity index (χ3v) is 4.79. The Balaban J connectivity index is 1.95. The molecule has 0 bridgehead atoms. The van der Waals surface area contributed by atoms with E-state index in [1.807, 2.05) is 67.3 Å². The van der Waals surface area contributed by atoms with Gasteiger partial charge in [-0.2, -0.15) is 0 Å². The summed E-state index contributed by atoms with van der Waals surface area (Å²) >= 11 is 5.64. The zero-order valence-corrected chi connectivity index (χ0v) is 14.5. The number of fused-ring (bicyclic) bond motifs is 1. The summed E-state index contributed by atoms with van der Waals surface area (Å²) in [6.45, 7) is 4.04. The molecule has 0 aromatic heterocycles. The maximum atomic E-state index is 11.6. The lowest BCUT2D eigenvalue weighted by atomic mass is 9.86. The Bertz CT molecular complexity index is 790. The minimum absolute atomic E-state index is 0.00465. The van der Waals surface area contributed by atoms with E-state index in [4.69, 9.17) is 12.2 Å². The van der Waals surface area contributed by atoms with Crippen LogP contribution >= 0.6 is 12.2 Å². The van der Waals surface area contributed by atoms with Gasteiger partial charge in [-0.1, -0.05) is 36.4 Å². The van der Waals surface area contributed by atoms with E-state index >= 15 is 0 Å². The first-order valence-corrected chi connectivity index (χ1v) is 8.37. The Kier molecular flexibility index (Phi) is 4.53. The summed E-state index contributed by atoms with van der Waals surface area (Å²) in [5.74, 6) is -1.28. The lowest BCUT2D eigenvalue weighted by Crippen LogP contribution is -2.46. The van der Waals surface area contributed by atoms with E-state index in [2.05, 4.69) is 5.32 Å². The molecule has 1 heterocycles. The highest BCUT2D eigenvalue weighted by Gasteiger charge is 2.35. The number of aryl methyl sites for hydroxylation is 1. The fourth-order valence-corrected chi connectivity index (χ4v) is 3.63. The van der Waals surface area contributed by atoms with Gasteiger partial charge in [0.05, 0.1) is 5.92 Å². The molecule has 24 heavy (non-hydrogen) atoms. The van der Waals surface area contributed by atoms with Crippen LogP contribution < -0.4 is 10.2 Å². The van der Waals surface area contributed by atoms with E-state index in [1.165, 1.54) is 0 Å². The van der Waals surface area contributed by atoms with Crippen LogP contribution in [0.1, 0.15) is 30.4 Å².